The lowest BCUT2D eigenvalue weighted by Crippen LogP contribution is -2.35. The fourth-order valence-electron chi connectivity index (χ4n) is 2.53. The van der Waals surface area contributed by atoms with E-state index < -0.39 is 35.8 Å². The van der Waals surface area contributed by atoms with Crippen molar-refractivity contribution in [2.24, 2.45) is 5.92 Å². The highest BCUT2D eigenvalue weighted by molar-refractivity contribution is 5.79. The van der Waals surface area contributed by atoms with E-state index in [1.54, 1.807) is 0 Å². The Morgan fingerprint density at radius 3 is 2.36 bits per heavy atom. The molecule has 2 N–H and O–H groups in total. The van der Waals surface area contributed by atoms with Crippen molar-refractivity contribution in [2.45, 2.75) is 19.8 Å². The molecular weight excluding hydrogens is 328 g/mol. The molecule has 0 bridgehead atoms. The molecule has 1 atom stereocenters. The van der Waals surface area contributed by atoms with E-state index in [0.717, 1.165) is 23.3 Å². The van der Waals surface area contributed by atoms with Gasteiger partial charge in [-0.05, 0) is 31.0 Å². The smallest absolute Gasteiger partial charge is 0.308 e. The lowest BCUT2D eigenvalue weighted by atomic mass is 9.98. The summed E-state index contributed by atoms with van der Waals surface area (Å²) in [6.07, 6.45) is -0.222. The van der Waals surface area contributed by atoms with E-state index in [1.807, 2.05) is 31.2 Å². The van der Waals surface area contributed by atoms with Crippen LogP contribution in [0.2, 0.25) is 0 Å². The minimum Gasteiger partial charge on any atom is -0.481 e. The quantitative estimate of drug-likeness (QED) is 0.809. The Morgan fingerprint density at radius 2 is 1.76 bits per heavy atom. The van der Waals surface area contributed by atoms with Gasteiger partial charge in [0.1, 0.15) is 11.6 Å². The number of rotatable bonds is 7. The van der Waals surface area contributed by atoms with Gasteiger partial charge in [0.05, 0.1) is 12.3 Å². The number of carbonyl (C=O) groups excluding carboxylic acids is 1. The monoisotopic (exact) mass is 347 g/mol. The number of carbonyl (C=O) groups is 2. The van der Waals surface area contributed by atoms with Crippen molar-refractivity contribution in [3.63, 3.8) is 0 Å². The molecule has 0 aliphatic rings. The van der Waals surface area contributed by atoms with Crippen molar-refractivity contribution < 1.29 is 23.5 Å². The molecule has 0 fully saturated rings. The molecule has 0 radical (unpaired) electrons. The summed E-state index contributed by atoms with van der Waals surface area (Å²) >= 11 is 0. The third-order valence-electron chi connectivity index (χ3n) is 3.86. The van der Waals surface area contributed by atoms with Crippen LogP contribution in [0.3, 0.4) is 0 Å². The standard InChI is InChI=1S/C19H19F2NO3/c1-12-4-2-5-13(8-12)9-14(19(24)25)11-22-18(23)10-15-16(20)6-3-7-17(15)21/h2-8,14H,9-11H2,1H3,(H,22,23)(H,24,25). The molecule has 0 aromatic heterocycles. The average Bonchev–Trinajstić information content (AvgIpc) is 2.55. The first-order chi connectivity index (χ1) is 11.9. The molecule has 0 spiro atoms. The van der Waals surface area contributed by atoms with E-state index in [-0.39, 0.29) is 18.5 Å². The molecule has 1 amide bonds. The van der Waals surface area contributed by atoms with E-state index >= 15 is 0 Å². The van der Waals surface area contributed by atoms with Crippen molar-refractivity contribution in [3.8, 4) is 0 Å². The van der Waals surface area contributed by atoms with Crippen LogP contribution in [0.5, 0.6) is 0 Å². The van der Waals surface area contributed by atoms with E-state index in [2.05, 4.69) is 5.32 Å². The van der Waals surface area contributed by atoms with Gasteiger partial charge >= 0.3 is 5.97 Å². The number of benzene rings is 2. The molecule has 132 valence electrons. The summed E-state index contributed by atoms with van der Waals surface area (Å²) in [7, 11) is 0. The first-order valence-electron chi connectivity index (χ1n) is 7.84. The van der Waals surface area contributed by atoms with Gasteiger partial charge in [-0.1, -0.05) is 35.9 Å². The SMILES string of the molecule is Cc1cccc(CC(CNC(=O)Cc2c(F)cccc2F)C(=O)O)c1. The maximum Gasteiger partial charge on any atom is 0.308 e. The molecule has 0 aliphatic carbocycles. The lowest BCUT2D eigenvalue weighted by Gasteiger charge is -2.14. The van der Waals surface area contributed by atoms with Gasteiger partial charge in [-0.3, -0.25) is 9.59 Å². The average molecular weight is 347 g/mol. The molecule has 2 aromatic rings. The number of nitrogens with one attached hydrogen (secondary N) is 1. The zero-order chi connectivity index (χ0) is 18.4. The van der Waals surface area contributed by atoms with E-state index in [4.69, 9.17) is 0 Å². The molecular formula is C19H19F2NO3. The van der Waals surface area contributed by atoms with Crippen LogP contribution in [-0.4, -0.2) is 23.5 Å². The van der Waals surface area contributed by atoms with Crippen LogP contribution in [0, 0.1) is 24.5 Å². The number of halogens is 2. The normalized spacial score (nSPS) is 11.8. The largest absolute Gasteiger partial charge is 0.481 e. The molecule has 25 heavy (non-hydrogen) atoms. The minimum absolute atomic E-state index is 0.113. The van der Waals surface area contributed by atoms with Gasteiger partial charge in [-0.2, -0.15) is 0 Å². The zero-order valence-corrected chi connectivity index (χ0v) is 13.8. The van der Waals surface area contributed by atoms with Crippen LogP contribution in [0.25, 0.3) is 0 Å². The van der Waals surface area contributed by atoms with Gasteiger partial charge < -0.3 is 10.4 Å². The highest BCUT2D eigenvalue weighted by atomic mass is 19.1. The third kappa shape index (κ3) is 5.38. The minimum atomic E-state index is -1.04. The van der Waals surface area contributed by atoms with Crippen molar-refractivity contribution in [1.82, 2.24) is 5.32 Å². The van der Waals surface area contributed by atoms with Crippen LogP contribution in [0.15, 0.2) is 42.5 Å². The van der Waals surface area contributed by atoms with Gasteiger partial charge in [-0.25, -0.2) is 8.78 Å². The summed E-state index contributed by atoms with van der Waals surface area (Å²) in [5.74, 6) is -4.09. The fraction of sp³-hybridized carbons (Fsp3) is 0.263. The first kappa shape index (κ1) is 18.6. The number of hydrogen-bond donors (Lipinski definition) is 2. The Balaban J connectivity index is 1.96. The number of aryl methyl sites for hydroxylation is 1. The zero-order valence-electron chi connectivity index (χ0n) is 13.8. The Bertz CT molecular complexity index is 757. The number of aliphatic carboxylic acids is 1. The molecule has 0 saturated heterocycles. The van der Waals surface area contributed by atoms with Crippen molar-refractivity contribution in [2.75, 3.05) is 6.54 Å². The summed E-state index contributed by atoms with van der Waals surface area (Å²) in [6, 6.07) is 10.8. The van der Waals surface area contributed by atoms with Crippen molar-refractivity contribution in [1.29, 1.82) is 0 Å². The second-order valence-electron chi connectivity index (χ2n) is 5.91. The molecule has 1 unspecified atom stereocenters. The summed E-state index contributed by atoms with van der Waals surface area (Å²) in [5, 5.41) is 11.8. The van der Waals surface area contributed by atoms with E-state index in [9.17, 15) is 23.5 Å². The highest BCUT2D eigenvalue weighted by Gasteiger charge is 2.20. The second-order valence-corrected chi connectivity index (χ2v) is 5.91. The second kappa shape index (κ2) is 8.37. The maximum atomic E-state index is 13.5. The number of carboxylic acids is 1. The molecule has 0 saturated carbocycles. The lowest BCUT2D eigenvalue weighted by molar-refractivity contribution is -0.141. The molecule has 6 heteroatoms. The Morgan fingerprint density at radius 1 is 1.12 bits per heavy atom. The van der Waals surface area contributed by atoms with Crippen LogP contribution in [0.1, 0.15) is 16.7 Å². The first-order valence-corrected chi connectivity index (χ1v) is 7.84. The van der Waals surface area contributed by atoms with E-state index in [0.29, 0.717) is 0 Å². The molecule has 0 heterocycles. The summed E-state index contributed by atoms with van der Waals surface area (Å²) < 4.78 is 27.1. The summed E-state index contributed by atoms with van der Waals surface area (Å²) in [4.78, 5) is 23.3. The summed E-state index contributed by atoms with van der Waals surface area (Å²) in [6.45, 7) is 1.79. The van der Waals surface area contributed by atoms with E-state index in [1.165, 1.54) is 6.07 Å². The van der Waals surface area contributed by atoms with Crippen LogP contribution in [-0.2, 0) is 22.4 Å². The van der Waals surface area contributed by atoms with Gasteiger partial charge in [0.25, 0.3) is 0 Å². The molecule has 4 nitrogen and oxygen atoms in total. The molecule has 2 rings (SSSR count). The number of amides is 1. The number of hydrogen-bond acceptors (Lipinski definition) is 2. The van der Waals surface area contributed by atoms with Crippen LogP contribution < -0.4 is 5.32 Å². The maximum absolute atomic E-state index is 13.5. The topological polar surface area (TPSA) is 66.4 Å². The molecule has 2 aromatic carbocycles. The molecule has 0 aliphatic heterocycles. The van der Waals surface area contributed by atoms with Gasteiger partial charge in [0.2, 0.25) is 5.91 Å². The predicted molar refractivity (Wildman–Crippen MR) is 89.1 cm³/mol. The highest BCUT2D eigenvalue weighted by Crippen LogP contribution is 2.13. The Labute approximate surface area is 144 Å². The van der Waals surface area contributed by atoms with Gasteiger partial charge in [0, 0.05) is 12.1 Å². The van der Waals surface area contributed by atoms with Crippen molar-refractivity contribution in [3.05, 3.63) is 70.8 Å². The summed E-state index contributed by atoms with van der Waals surface area (Å²) in [5.41, 5.74) is 1.54. The third-order valence-corrected chi connectivity index (χ3v) is 3.86. The Kier molecular flexibility index (Phi) is 6.22. The fourth-order valence-corrected chi connectivity index (χ4v) is 2.53. The van der Waals surface area contributed by atoms with Crippen LogP contribution >= 0.6 is 0 Å². The predicted octanol–water partition coefficient (Wildman–Crippen LogP) is 2.88. The Hall–Kier alpha value is -2.76. The van der Waals surface area contributed by atoms with Crippen molar-refractivity contribution >= 4 is 11.9 Å². The van der Waals surface area contributed by atoms with Gasteiger partial charge in [-0.15, -0.1) is 0 Å². The number of carboxylic acid groups (broad SMARTS) is 1. The van der Waals surface area contributed by atoms with Gasteiger partial charge in [0.15, 0.2) is 0 Å². The van der Waals surface area contributed by atoms with Crippen LogP contribution in [0.4, 0.5) is 8.78 Å².